The van der Waals surface area contributed by atoms with E-state index in [1.807, 2.05) is 11.8 Å². The molecule has 2 rings (SSSR count). The summed E-state index contributed by atoms with van der Waals surface area (Å²) in [7, 11) is 0. The predicted octanol–water partition coefficient (Wildman–Crippen LogP) is 0.863. The zero-order valence-corrected chi connectivity index (χ0v) is 13.2. The van der Waals surface area contributed by atoms with Crippen molar-refractivity contribution in [3.05, 3.63) is 11.4 Å². The van der Waals surface area contributed by atoms with Gasteiger partial charge in [-0.15, -0.1) is 0 Å². The average Bonchev–Trinajstić information content (AvgIpc) is 2.47. The lowest BCUT2D eigenvalue weighted by Gasteiger charge is -2.36. The number of hydrogen-bond acceptors (Lipinski definition) is 6. The fraction of sp³-hybridized carbons (Fsp3) is 0.643. The van der Waals surface area contributed by atoms with Crippen molar-refractivity contribution in [2.24, 2.45) is 5.84 Å². The summed E-state index contributed by atoms with van der Waals surface area (Å²) in [6, 6.07) is 0. The Hall–Kier alpha value is -1.89. The maximum absolute atomic E-state index is 11.4. The third kappa shape index (κ3) is 3.24. The zero-order chi connectivity index (χ0) is 15.6. The highest BCUT2D eigenvalue weighted by atomic mass is 16.2. The Morgan fingerprint density at radius 1 is 1.24 bits per heavy atom. The molecule has 0 saturated carbocycles. The van der Waals surface area contributed by atoms with Gasteiger partial charge in [0.05, 0.1) is 0 Å². The number of hydrogen-bond donors (Lipinski definition) is 2. The molecule has 7 nitrogen and oxygen atoms in total. The summed E-state index contributed by atoms with van der Waals surface area (Å²) in [5, 5.41) is 0. The molecule has 116 valence electrons. The summed E-state index contributed by atoms with van der Waals surface area (Å²) in [5.74, 6) is 8.27. The topological polar surface area (TPSA) is 87.4 Å². The molecule has 0 radical (unpaired) electrons. The lowest BCUT2D eigenvalue weighted by Crippen LogP contribution is -2.48. The average molecular weight is 292 g/mol. The number of amides is 1. The van der Waals surface area contributed by atoms with Crippen LogP contribution in [-0.2, 0) is 4.79 Å². The van der Waals surface area contributed by atoms with Crippen LogP contribution in [-0.4, -0.2) is 47.0 Å². The van der Waals surface area contributed by atoms with E-state index in [0.717, 1.165) is 43.4 Å². The Morgan fingerprint density at radius 3 is 2.33 bits per heavy atom. The normalized spacial score (nSPS) is 15.5. The molecule has 1 aliphatic rings. The Balaban J connectivity index is 2.27. The van der Waals surface area contributed by atoms with Crippen molar-refractivity contribution in [2.75, 3.05) is 36.5 Å². The lowest BCUT2D eigenvalue weighted by atomic mass is 10.2. The number of nitrogens with two attached hydrogens (primary N) is 1. The molecule has 1 aromatic rings. The number of rotatable bonds is 3. The van der Waals surface area contributed by atoms with Crippen LogP contribution >= 0.6 is 0 Å². The summed E-state index contributed by atoms with van der Waals surface area (Å²) in [6.07, 6.45) is 0. The number of nitrogen functional groups attached to an aromatic ring is 1. The van der Waals surface area contributed by atoms with Crippen LogP contribution in [0.1, 0.15) is 38.1 Å². The Labute approximate surface area is 125 Å². The van der Waals surface area contributed by atoms with Gasteiger partial charge in [0.2, 0.25) is 5.91 Å². The van der Waals surface area contributed by atoms with Gasteiger partial charge in [-0.1, -0.05) is 13.8 Å². The van der Waals surface area contributed by atoms with Gasteiger partial charge in [0, 0.05) is 44.6 Å². The van der Waals surface area contributed by atoms with Crippen molar-refractivity contribution >= 4 is 17.5 Å². The summed E-state index contributed by atoms with van der Waals surface area (Å²) < 4.78 is 0. The Kier molecular flexibility index (Phi) is 4.62. The van der Waals surface area contributed by atoms with Gasteiger partial charge in [0.25, 0.3) is 0 Å². The van der Waals surface area contributed by atoms with Gasteiger partial charge in [-0.25, -0.2) is 15.8 Å². The quantitative estimate of drug-likeness (QED) is 0.635. The first-order valence-electron chi connectivity index (χ1n) is 7.29. The molecule has 1 aliphatic heterocycles. The molecule has 0 bridgehead atoms. The van der Waals surface area contributed by atoms with Crippen LogP contribution in [0, 0.1) is 6.92 Å². The molecule has 7 heteroatoms. The first-order valence-corrected chi connectivity index (χ1v) is 7.29. The largest absolute Gasteiger partial charge is 0.353 e. The standard InChI is InChI=1S/C14H24N6O/c1-9(2)12-16-13(18-15)10(3)14(17-12)20-7-5-19(6-8-20)11(4)21/h9H,5-8,15H2,1-4H3,(H,16,17,18). The van der Waals surface area contributed by atoms with E-state index >= 15 is 0 Å². The highest BCUT2D eigenvalue weighted by Gasteiger charge is 2.23. The molecular weight excluding hydrogens is 268 g/mol. The maximum Gasteiger partial charge on any atom is 0.219 e. The predicted molar refractivity (Wildman–Crippen MR) is 83.1 cm³/mol. The minimum atomic E-state index is 0.126. The van der Waals surface area contributed by atoms with Gasteiger partial charge >= 0.3 is 0 Å². The van der Waals surface area contributed by atoms with E-state index in [9.17, 15) is 4.79 Å². The van der Waals surface area contributed by atoms with Crippen LogP contribution in [0.3, 0.4) is 0 Å². The Morgan fingerprint density at radius 2 is 1.86 bits per heavy atom. The summed E-state index contributed by atoms with van der Waals surface area (Å²) >= 11 is 0. The van der Waals surface area contributed by atoms with Crippen LogP contribution in [0.4, 0.5) is 11.6 Å². The van der Waals surface area contributed by atoms with Crippen molar-refractivity contribution in [3.63, 3.8) is 0 Å². The molecule has 0 aromatic carbocycles. The molecule has 0 unspecified atom stereocenters. The number of nitrogens with zero attached hydrogens (tertiary/aromatic N) is 4. The number of nitrogens with one attached hydrogen (secondary N) is 1. The third-order valence-electron chi connectivity index (χ3n) is 3.82. The maximum atomic E-state index is 11.4. The van der Waals surface area contributed by atoms with Crippen molar-refractivity contribution < 1.29 is 4.79 Å². The van der Waals surface area contributed by atoms with Crippen LogP contribution in [0.25, 0.3) is 0 Å². The molecule has 2 heterocycles. The molecule has 1 fully saturated rings. The van der Waals surface area contributed by atoms with Gasteiger partial charge in [0.15, 0.2) is 0 Å². The van der Waals surface area contributed by atoms with Crippen molar-refractivity contribution in [1.82, 2.24) is 14.9 Å². The first kappa shape index (κ1) is 15.5. The van der Waals surface area contributed by atoms with Crippen LogP contribution < -0.4 is 16.2 Å². The number of carbonyl (C=O) groups is 1. The van der Waals surface area contributed by atoms with Gasteiger partial charge < -0.3 is 15.2 Å². The summed E-state index contributed by atoms with van der Waals surface area (Å²) in [6.45, 7) is 10.7. The minimum absolute atomic E-state index is 0.126. The van der Waals surface area contributed by atoms with E-state index in [4.69, 9.17) is 5.84 Å². The molecule has 1 amide bonds. The fourth-order valence-electron chi connectivity index (χ4n) is 2.46. The molecular formula is C14H24N6O. The smallest absolute Gasteiger partial charge is 0.219 e. The van der Waals surface area contributed by atoms with E-state index in [2.05, 4.69) is 34.1 Å². The highest BCUT2D eigenvalue weighted by Crippen LogP contribution is 2.26. The number of piperazine rings is 1. The van der Waals surface area contributed by atoms with Crippen molar-refractivity contribution in [3.8, 4) is 0 Å². The van der Waals surface area contributed by atoms with Crippen molar-refractivity contribution in [2.45, 2.75) is 33.6 Å². The second-order valence-electron chi connectivity index (χ2n) is 5.67. The SMILES string of the molecule is CC(=O)N1CCN(c2nc(C(C)C)nc(NN)c2C)CC1. The monoisotopic (exact) mass is 292 g/mol. The van der Waals surface area contributed by atoms with E-state index in [0.29, 0.717) is 5.82 Å². The van der Waals surface area contributed by atoms with Crippen LogP contribution in [0.2, 0.25) is 0 Å². The lowest BCUT2D eigenvalue weighted by molar-refractivity contribution is -0.129. The van der Waals surface area contributed by atoms with Gasteiger partial charge in [0.1, 0.15) is 17.5 Å². The second-order valence-corrected chi connectivity index (χ2v) is 5.67. The fourth-order valence-corrected chi connectivity index (χ4v) is 2.46. The highest BCUT2D eigenvalue weighted by molar-refractivity contribution is 5.73. The molecule has 1 aromatic heterocycles. The van der Waals surface area contributed by atoms with Crippen LogP contribution in [0.5, 0.6) is 0 Å². The van der Waals surface area contributed by atoms with E-state index < -0.39 is 0 Å². The van der Waals surface area contributed by atoms with Gasteiger partial charge in [-0.3, -0.25) is 4.79 Å². The van der Waals surface area contributed by atoms with Crippen molar-refractivity contribution in [1.29, 1.82) is 0 Å². The molecule has 0 atom stereocenters. The van der Waals surface area contributed by atoms with Gasteiger partial charge in [-0.05, 0) is 6.92 Å². The molecule has 3 N–H and O–H groups in total. The molecule has 21 heavy (non-hydrogen) atoms. The summed E-state index contributed by atoms with van der Waals surface area (Å²) in [5.41, 5.74) is 3.60. The number of anilines is 2. The summed E-state index contributed by atoms with van der Waals surface area (Å²) in [4.78, 5) is 24.6. The molecule has 1 saturated heterocycles. The number of hydrazine groups is 1. The first-order chi connectivity index (χ1) is 9.93. The van der Waals surface area contributed by atoms with E-state index in [-0.39, 0.29) is 11.8 Å². The zero-order valence-electron chi connectivity index (χ0n) is 13.2. The van der Waals surface area contributed by atoms with Gasteiger partial charge in [-0.2, -0.15) is 0 Å². The molecule has 0 aliphatic carbocycles. The van der Waals surface area contributed by atoms with Crippen LogP contribution in [0.15, 0.2) is 0 Å². The molecule has 0 spiro atoms. The van der Waals surface area contributed by atoms with E-state index in [1.165, 1.54) is 0 Å². The number of aromatic nitrogens is 2. The minimum Gasteiger partial charge on any atom is -0.353 e. The van der Waals surface area contributed by atoms with E-state index in [1.54, 1.807) is 6.92 Å². The number of carbonyl (C=O) groups excluding carboxylic acids is 1. The second kappa shape index (κ2) is 6.26. The Bertz CT molecular complexity index is 522. The third-order valence-corrected chi connectivity index (χ3v) is 3.82.